The van der Waals surface area contributed by atoms with Crippen LogP contribution in [0, 0.1) is 0 Å². The molecule has 1 unspecified atom stereocenters. The van der Waals surface area contributed by atoms with Gasteiger partial charge in [0, 0.05) is 18.0 Å². The van der Waals surface area contributed by atoms with E-state index in [1.165, 1.54) is 35.1 Å². The second-order valence-electron chi connectivity index (χ2n) is 7.10. The van der Waals surface area contributed by atoms with E-state index in [0.717, 1.165) is 4.88 Å². The molecule has 0 bridgehead atoms. The van der Waals surface area contributed by atoms with Crippen LogP contribution in [0.15, 0.2) is 46.4 Å². The number of rotatable bonds is 5. The maximum Gasteiger partial charge on any atom is 0.283 e. The summed E-state index contributed by atoms with van der Waals surface area (Å²) in [6.45, 7) is 4.03. The highest BCUT2D eigenvalue weighted by atomic mass is 35.5. The Balaban J connectivity index is 1.64. The number of amidine groups is 1. The van der Waals surface area contributed by atoms with Gasteiger partial charge in [-0.05, 0) is 42.6 Å². The molecule has 2 aromatic rings. The molecule has 1 saturated heterocycles. The first-order valence-electron chi connectivity index (χ1n) is 10.0. The van der Waals surface area contributed by atoms with Crippen molar-refractivity contribution < 1.29 is 19.1 Å². The third kappa shape index (κ3) is 4.85. The van der Waals surface area contributed by atoms with E-state index >= 15 is 0 Å². The first-order chi connectivity index (χ1) is 15.5. The van der Waals surface area contributed by atoms with E-state index in [1.54, 1.807) is 29.2 Å². The number of aliphatic imine (C=N–C) groups is 1. The second-order valence-corrected chi connectivity index (χ2v) is 9.79. The third-order valence-corrected chi connectivity index (χ3v) is 7.15. The van der Waals surface area contributed by atoms with Crippen LogP contribution in [0.1, 0.15) is 11.8 Å². The lowest BCUT2D eigenvalue weighted by atomic mass is 10.2. The molecule has 0 saturated carbocycles. The zero-order chi connectivity index (χ0) is 22.7. The molecule has 2 aliphatic rings. The van der Waals surface area contributed by atoms with Gasteiger partial charge in [-0.1, -0.05) is 29.4 Å². The summed E-state index contributed by atoms with van der Waals surface area (Å²) in [5.74, 6) is 0.239. The molecule has 10 heteroatoms. The summed E-state index contributed by atoms with van der Waals surface area (Å²) in [6.07, 6.45) is 1.76. The number of benzene rings is 1. The average molecular weight is 492 g/mol. The lowest BCUT2D eigenvalue weighted by Crippen LogP contribution is -2.44. The van der Waals surface area contributed by atoms with Gasteiger partial charge in [0.2, 0.25) is 5.91 Å². The highest BCUT2D eigenvalue weighted by Crippen LogP contribution is 2.35. The van der Waals surface area contributed by atoms with Crippen molar-refractivity contribution in [1.82, 2.24) is 4.90 Å². The number of methoxy groups -OCH3 is 1. The normalized spacial score (nSPS) is 18.8. The molecule has 2 aliphatic heterocycles. The number of ether oxygens (including phenoxy) is 2. The second kappa shape index (κ2) is 10.1. The van der Waals surface area contributed by atoms with Crippen molar-refractivity contribution in [2.75, 3.05) is 38.3 Å². The summed E-state index contributed by atoms with van der Waals surface area (Å²) in [5, 5.41) is 2.34. The van der Waals surface area contributed by atoms with Crippen molar-refractivity contribution in [2.45, 2.75) is 12.2 Å². The van der Waals surface area contributed by atoms with Crippen LogP contribution in [-0.4, -0.2) is 60.5 Å². The minimum Gasteiger partial charge on any atom is -0.495 e. The number of thiophene rings is 1. The van der Waals surface area contributed by atoms with Gasteiger partial charge in [0.05, 0.1) is 36.3 Å². The number of amides is 2. The predicted octanol–water partition coefficient (Wildman–Crippen LogP) is 4.13. The first kappa shape index (κ1) is 22.8. The fourth-order valence-electron chi connectivity index (χ4n) is 3.35. The summed E-state index contributed by atoms with van der Waals surface area (Å²) >= 11 is 9.10. The molecule has 0 aliphatic carbocycles. The molecule has 1 aromatic carbocycles. The predicted molar refractivity (Wildman–Crippen MR) is 130 cm³/mol. The molecular formula is C22H22ClN3O4S2. The van der Waals surface area contributed by atoms with Gasteiger partial charge in [-0.25, -0.2) is 4.99 Å². The van der Waals surface area contributed by atoms with Crippen LogP contribution in [0.2, 0.25) is 5.02 Å². The Kier molecular flexibility index (Phi) is 7.20. The number of morpholine rings is 1. The summed E-state index contributed by atoms with van der Waals surface area (Å²) in [6, 6.07) is 8.96. The molecular weight excluding hydrogens is 470 g/mol. The van der Waals surface area contributed by atoms with Crippen molar-refractivity contribution in [1.29, 1.82) is 0 Å². The van der Waals surface area contributed by atoms with E-state index in [0.29, 0.717) is 53.6 Å². The zero-order valence-corrected chi connectivity index (χ0v) is 20.0. The molecule has 32 heavy (non-hydrogen) atoms. The molecule has 7 nitrogen and oxygen atoms in total. The van der Waals surface area contributed by atoms with E-state index in [1.807, 2.05) is 24.4 Å². The summed E-state index contributed by atoms with van der Waals surface area (Å²) in [7, 11) is 1.53. The summed E-state index contributed by atoms with van der Waals surface area (Å²) < 4.78 is 10.6. The fourth-order valence-corrected chi connectivity index (χ4v) is 5.27. The lowest BCUT2D eigenvalue weighted by Gasteiger charge is -2.29. The van der Waals surface area contributed by atoms with Crippen molar-refractivity contribution in [3.05, 3.63) is 51.3 Å². The molecule has 1 atom stereocenters. The Morgan fingerprint density at radius 3 is 2.78 bits per heavy atom. The third-order valence-electron chi connectivity index (χ3n) is 5.00. The Labute approximate surface area is 199 Å². The molecule has 1 fully saturated rings. The zero-order valence-electron chi connectivity index (χ0n) is 17.6. The largest absolute Gasteiger partial charge is 0.495 e. The fraction of sp³-hybridized carbons (Fsp3) is 0.318. The SMILES string of the molecule is COc1ccc(N2C(=O)/C(=C\c3cccs3)N=C2SC(C)C(=O)N2CCOCC2)cc1Cl. The van der Waals surface area contributed by atoms with Crippen LogP contribution in [0.4, 0.5) is 5.69 Å². The van der Waals surface area contributed by atoms with Crippen LogP contribution < -0.4 is 9.64 Å². The summed E-state index contributed by atoms with van der Waals surface area (Å²) in [4.78, 5) is 35.0. The van der Waals surface area contributed by atoms with Gasteiger partial charge >= 0.3 is 0 Å². The van der Waals surface area contributed by atoms with Gasteiger partial charge < -0.3 is 14.4 Å². The maximum absolute atomic E-state index is 13.3. The van der Waals surface area contributed by atoms with Gasteiger partial charge in [0.1, 0.15) is 11.4 Å². The number of nitrogens with zero attached hydrogens (tertiary/aromatic N) is 3. The number of halogens is 1. The topological polar surface area (TPSA) is 71.4 Å². The highest BCUT2D eigenvalue weighted by molar-refractivity contribution is 8.15. The molecule has 2 amide bonds. The van der Waals surface area contributed by atoms with E-state index in [9.17, 15) is 9.59 Å². The van der Waals surface area contributed by atoms with Crippen LogP contribution in [0.25, 0.3) is 6.08 Å². The standard InChI is InChI=1S/C22H22ClN3O4S2/c1-14(20(27)25-7-9-30-10-8-25)32-22-24-18(13-16-4-3-11-31-16)21(28)26(22)15-5-6-19(29-2)17(23)12-15/h3-6,11-14H,7-10H2,1-2H3/b18-13+. The monoisotopic (exact) mass is 491 g/mol. The Morgan fingerprint density at radius 1 is 1.34 bits per heavy atom. The number of carbonyl (C=O) groups is 2. The number of anilines is 1. The van der Waals surface area contributed by atoms with E-state index in [4.69, 9.17) is 21.1 Å². The van der Waals surface area contributed by atoms with Crippen molar-refractivity contribution in [2.24, 2.45) is 4.99 Å². The van der Waals surface area contributed by atoms with Gasteiger partial charge in [-0.3, -0.25) is 14.5 Å². The molecule has 3 heterocycles. The molecule has 0 spiro atoms. The van der Waals surface area contributed by atoms with Crippen LogP contribution in [0.5, 0.6) is 5.75 Å². The van der Waals surface area contributed by atoms with Gasteiger partial charge in [-0.15, -0.1) is 11.3 Å². The van der Waals surface area contributed by atoms with Gasteiger partial charge in [-0.2, -0.15) is 0 Å². The molecule has 0 N–H and O–H groups in total. The molecule has 0 radical (unpaired) electrons. The van der Waals surface area contributed by atoms with Crippen molar-refractivity contribution >= 4 is 63.4 Å². The Bertz CT molecular complexity index is 1070. The molecule has 168 valence electrons. The first-order valence-corrected chi connectivity index (χ1v) is 12.2. The Hall–Kier alpha value is -2.33. The number of carbonyl (C=O) groups excluding carboxylic acids is 2. The van der Waals surface area contributed by atoms with E-state index in [-0.39, 0.29) is 11.8 Å². The maximum atomic E-state index is 13.3. The van der Waals surface area contributed by atoms with Gasteiger partial charge in [0.15, 0.2) is 5.17 Å². The van der Waals surface area contributed by atoms with Crippen molar-refractivity contribution in [3.63, 3.8) is 0 Å². The number of hydrogen-bond donors (Lipinski definition) is 0. The summed E-state index contributed by atoms with van der Waals surface area (Å²) in [5.41, 5.74) is 0.876. The lowest BCUT2D eigenvalue weighted by molar-refractivity contribution is -0.134. The smallest absolute Gasteiger partial charge is 0.283 e. The molecule has 4 rings (SSSR count). The number of thioether (sulfide) groups is 1. The van der Waals surface area contributed by atoms with Gasteiger partial charge in [0.25, 0.3) is 5.91 Å². The van der Waals surface area contributed by atoms with E-state index < -0.39 is 5.25 Å². The quantitative estimate of drug-likeness (QED) is 0.588. The van der Waals surface area contributed by atoms with Crippen LogP contribution >= 0.6 is 34.7 Å². The van der Waals surface area contributed by atoms with E-state index in [2.05, 4.69) is 4.99 Å². The molecule has 1 aromatic heterocycles. The Morgan fingerprint density at radius 2 is 2.12 bits per heavy atom. The minimum atomic E-state index is -0.419. The number of hydrogen-bond acceptors (Lipinski definition) is 7. The van der Waals surface area contributed by atoms with Crippen LogP contribution in [-0.2, 0) is 14.3 Å². The van der Waals surface area contributed by atoms with Crippen LogP contribution in [0.3, 0.4) is 0 Å². The highest BCUT2D eigenvalue weighted by Gasteiger charge is 2.35. The average Bonchev–Trinajstić information content (AvgIpc) is 3.42. The van der Waals surface area contributed by atoms with Crippen molar-refractivity contribution in [3.8, 4) is 5.75 Å². The minimum absolute atomic E-state index is 0.00292.